The largest absolute Gasteiger partial charge is 0.370 e. The maximum atomic E-state index is 14.2. The Kier molecular flexibility index (Phi) is 4.14. The van der Waals surface area contributed by atoms with Crippen molar-refractivity contribution in [2.24, 2.45) is 0 Å². The van der Waals surface area contributed by atoms with Gasteiger partial charge in [0.25, 0.3) is 0 Å². The Bertz CT molecular complexity index is 614. The summed E-state index contributed by atoms with van der Waals surface area (Å²) in [5.41, 5.74) is 1.96. The number of nitrogens with zero attached hydrogens (tertiary/aromatic N) is 2. The molecule has 1 aromatic heterocycles. The van der Waals surface area contributed by atoms with Crippen molar-refractivity contribution in [1.29, 1.82) is 0 Å². The lowest BCUT2D eigenvalue weighted by atomic mass is 10.1. The molecule has 5 heteroatoms. The van der Waals surface area contributed by atoms with Gasteiger partial charge in [0.2, 0.25) is 0 Å². The van der Waals surface area contributed by atoms with Crippen molar-refractivity contribution < 1.29 is 4.39 Å². The fraction of sp³-hybridized carbons (Fsp3) is 0.286. The van der Waals surface area contributed by atoms with E-state index in [2.05, 4.69) is 31.2 Å². The van der Waals surface area contributed by atoms with Crippen LogP contribution in [0.25, 0.3) is 11.3 Å². The molecule has 3 nitrogen and oxygen atoms in total. The molecule has 0 bridgehead atoms. The highest BCUT2D eigenvalue weighted by molar-refractivity contribution is 9.10. The molecule has 0 spiro atoms. The fourth-order valence-corrected chi connectivity index (χ4v) is 2.28. The molecule has 2 rings (SSSR count). The van der Waals surface area contributed by atoms with Gasteiger partial charge in [0.05, 0.1) is 10.2 Å². The Morgan fingerprint density at radius 3 is 2.68 bits per heavy atom. The minimum atomic E-state index is -0.300. The van der Waals surface area contributed by atoms with Crippen molar-refractivity contribution in [3.05, 3.63) is 39.9 Å². The minimum absolute atomic E-state index is 0.300. The summed E-state index contributed by atoms with van der Waals surface area (Å²) < 4.78 is 14.6. The SMILES string of the molecule is CCNc1nc(C)nc(-c2cccc(Br)c2F)c1C. The van der Waals surface area contributed by atoms with Gasteiger partial charge in [0.1, 0.15) is 17.5 Å². The molecule has 1 aromatic carbocycles. The van der Waals surface area contributed by atoms with Crippen molar-refractivity contribution in [3.8, 4) is 11.3 Å². The number of hydrogen-bond acceptors (Lipinski definition) is 3. The van der Waals surface area contributed by atoms with Gasteiger partial charge in [-0.3, -0.25) is 0 Å². The average Bonchev–Trinajstić information content (AvgIpc) is 2.37. The molecule has 0 aliphatic heterocycles. The molecule has 0 aliphatic rings. The van der Waals surface area contributed by atoms with E-state index in [1.165, 1.54) is 0 Å². The molecule has 0 saturated heterocycles. The van der Waals surface area contributed by atoms with E-state index in [9.17, 15) is 4.39 Å². The van der Waals surface area contributed by atoms with E-state index >= 15 is 0 Å². The molecule has 1 N–H and O–H groups in total. The summed E-state index contributed by atoms with van der Waals surface area (Å²) in [4.78, 5) is 8.72. The van der Waals surface area contributed by atoms with Gasteiger partial charge >= 0.3 is 0 Å². The molecule has 0 saturated carbocycles. The first-order valence-electron chi connectivity index (χ1n) is 6.08. The van der Waals surface area contributed by atoms with Crippen LogP contribution in [-0.2, 0) is 0 Å². The van der Waals surface area contributed by atoms with E-state index in [1.807, 2.05) is 13.8 Å². The lowest BCUT2D eigenvalue weighted by Gasteiger charge is -2.13. The highest BCUT2D eigenvalue weighted by Gasteiger charge is 2.15. The molecule has 1 heterocycles. The van der Waals surface area contributed by atoms with Crippen molar-refractivity contribution >= 4 is 21.7 Å². The van der Waals surface area contributed by atoms with Gasteiger partial charge in [-0.1, -0.05) is 6.07 Å². The summed E-state index contributed by atoms with van der Waals surface area (Å²) in [5, 5.41) is 3.18. The quantitative estimate of drug-likeness (QED) is 0.924. The van der Waals surface area contributed by atoms with E-state index in [0.29, 0.717) is 21.6 Å². The lowest BCUT2D eigenvalue weighted by Crippen LogP contribution is -2.06. The van der Waals surface area contributed by atoms with Gasteiger partial charge in [-0.05, 0) is 48.8 Å². The lowest BCUT2D eigenvalue weighted by molar-refractivity contribution is 0.624. The van der Waals surface area contributed by atoms with Crippen LogP contribution in [-0.4, -0.2) is 16.5 Å². The Morgan fingerprint density at radius 1 is 1.26 bits per heavy atom. The predicted molar refractivity (Wildman–Crippen MR) is 78.8 cm³/mol. The number of anilines is 1. The molecule has 0 amide bonds. The third-order valence-electron chi connectivity index (χ3n) is 2.81. The van der Waals surface area contributed by atoms with Crippen molar-refractivity contribution in [2.45, 2.75) is 20.8 Å². The summed E-state index contributed by atoms with van der Waals surface area (Å²) in [6, 6.07) is 5.20. The predicted octanol–water partition coefficient (Wildman–Crippen LogP) is 4.09. The Hall–Kier alpha value is -1.49. The smallest absolute Gasteiger partial charge is 0.146 e. The van der Waals surface area contributed by atoms with Crippen molar-refractivity contribution in [3.63, 3.8) is 0 Å². The number of nitrogens with one attached hydrogen (secondary N) is 1. The second-order valence-corrected chi connectivity index (χ2v) is 5.08. The van der Waals surface area contributed by atoms with Gasteiger partial charge in [-0.25, -0.2) is 14.4 Å². The topological polar surface area (TPSA) is 37.8 Å². The summed E-state index contributed by atoms with van der Waals surface area (Å²) in [5.74, 6) is 1.08. The van der Waals surface area contributed by atoms with Crippen LogP contribution in [0.2, 0.25) is 0 Å². The molecule has 0 radical (unpaired) electrons. The van der Waals surface area contributed by atoms with E-state index in [0.717, 1.165) is 17.9 Å². The third kappa shape index (κ3) is 2.76. The fourth-order valence-electron chi connectivity index (χ4n) is 1.92. The average molecular weight is 324 g/mol. The monoisotopic (exact) mass is 323 g/mol. The first kappa shape index (κ1) is 13.9. The maximum Gasteiger partial charge on any atom is 0.146 e. The molecular weight excluding hydrogens is 309 g/mol. The van der Waals surface area contributed by atoms with Gasteiger partial charge in [-0.15, -0.1) is 0 Å². The van der Waals surface area contributed by atoms with Gasteiger partial charge < -0.3 is 5.32 Å². The number of aryl methyl sites for hydroxylation is 1. The van der Waals surface area contributed by atoms with Crippen LogP contribution in [0.1, 0.15) is 18.3 Å². The molecule has 0 aliphatic carbocycles. The standard InChI is InChI=1S/C14H15BrFN3/c1-4-17-14-8(2)13(18-9(3)19-14)10-6-5-7-11(15)12(10)16/h5-7H,4H2,1-3H3,(H,17,18,19). The van der Waals surface area contributed by atoms with Gasteiger partial charge in [0, 0.05) is 17.7 Å². The summed E-state index contributed by atoms with van der Waals surface area (Å²) >= 11 is 3.20. The highest BCUT2D eigenvalue weighted by atomic mass is 79.9. The van der Waals surface area contributed by atoms with Gasteiger partial charge in [-0.2, -0.15) is 0 Å². The second kappa shape index (κ2) is 5.65. The van der Waals surface area contributed by atoms with E-state index in [-0.39, 0.29) is 5.82 Å². The highest BCUT2D eigenvalue weighted by Crippen LogP contribution is 2.30. The number of rotatable bonds is 3. The van der Waals surface area contributed by atoms with Crippen LogP contribution < -0.4 is 5.32 Å². The first-order chi connectivity index (χ1) is 9.04. The summed E-state index contributed by atoms with van der Waals surface area (Å²) in [6.07, 6.45) is 0. The van der Waals surface area contributed by atoms with E-state index in [4.69, 9.17) is 0 Å². The number of benzene rings is 1. The Morgan fingerprint density at radius 2 is 2.00 bits per heavy atom. The normalized spacial score (nSPS) is 10.6. The summed E-state index contributed by atoms with van der Waals surface area (Å²) in [7, 11) is 0. The Labute approximate surface area is 120 Å². The maximum absolute atomic E-state index is 14.2. The zero-order valence-electron chi connectivity index (χ0n) is 11.1. The van der Waals surface area contributed by atoms with Crippen molar-refractivity contribution in [1.82, 2.24) is 9.97 Å². The van der Waals surface area contributed by atoms with Gasteiger partial charge in [0.15, 0.2) is 0 Å². The van der Waals surface area contributed by atoms with Crippen LogP contribution in [0.4, 0.5) is 10.2 Å². The zero-order chi connectivity index (χ0) is 14.0. The van der Waals surface area contributed by atoms with Crippen molar-refractivity contribution in [2.75, 3.05) is 11.9 Å². The van der Waals surface area contributed by atoms with Crippen LogP contribution in [0.5, 0.6) is 0 Å². The second-order valence-electron chi connectivity index (χ2n) is 4.22. The summed E-state index contributed by atoms with van der Waals surface area (Å²) in [6.45, 7) is 6.46. The molecule has 19 heavy (non-hydrogen) atoms. The number of halogens is 2. The molecule has 0 atom stereocenters. The molecule has 0 unspecified atom stereocenters. The number of hydrogen-bond donors (Lipinski definition) is 1. The zero-order valence-corrected chi connectivity index (χ0v) is 12.7. The van der Waals surface area contributed by atoms with E-state index < -0.39 is 0 Å². The third-order valence-corrected chi connectivity index (χ3v) is 3.42. The van der Waals surface area contributed by atoms with Crippen LogP contribution >= 0.6 is 15.9 Å². The Balaban J connectivity index is 2.65. The van der Waals surface area contributed by atoms with Crippen LogP contribution in [0.3, 0.4) is 0 Å². The molecular formula is C14H15BrFN3. The van der Waals surface area contributed by atoms with Crippen LogP contribution in [0.15, 0.2) is 22.7 Å². The number of aromatic nitrogens is 2. The molecule has 2 aromatic rings. The first-order valence-corrected chi connectivity index (χ1v) is 6.87. The minimum Gasteiger partial charge on any atom is -0.370 e. The van der Waals surface area contributed by atoms with Crippen LogP contribution in [0, 0.1) is 19.7 Å². The molecule has 100 valence electrons. The van der Waals surface area contributed by atoms with E-state index in [1.54, 1.807) is 25.1 Å². The molecule has 0 fully saturated rings.